The van der Waals surface area contributed by atoms with Crippen LogP contribution in [-0.4, -0.2) is 36.9 Å². The van der Waals surface area contributed by atoms with Crippen LogP contribution < -0.4 is 10.1 Å². The lowest BCUT2D eigenvalue weighted by Gasteiger charge is -2.13. The third-order valence-electron chi connectivity index (χ3n) is 2.78. The molecule has 1 aromatic rings. The molecule has 0 bridgehead atoms. The van der Waals surface area contributed by atoms with Crippen molar-refractivity contribution in [1.29, 1.82) is 0 Å². The van der Waals surface area contributed by atoms with E-state index in [-0.39, 0.29) is 29.2 Å². The van der Waals surface area contributed by atoms with Gasteiger partial charge in [0.1, 0.15) is 17.9 Å². The monoisotopic (exact) mass is 306 g/mol. The van der Waals surface area contributed by atoms with Crippen molar-refractivity contribution in [3.63, 3.8) is 0 Å². The van der Waals surface area contributed by atoms with Crippen LogP contribution in [0, 0.1) is 5.41 Å². The maximum absolute atomic E-state index is 11.8. The van der Waals surface area contributed by atoms with Gasteiger partial charge in [-0.2, -0.15) is 0 Å². The predicted molar refractivity (Wildman–Crippen MR) is 86.0 cm³/mol. The molecule has 120 valence electrons. The molecule has 0 aliphatic rings. The first-order valence-electron chi connectivity index (χ1n) is 6.92. The number of aliphatic imine (C=N–C) groups is 1. The van der Waals surface area contributed by atoms with Crippen molar-refractivity contribution in [2.75, 3.05) is 19.0 Å². The smallest absolute Gasteiger partial charge is 0.339 e. The maximum atomic E-state index is 11.8. The topological polar surface area (TPSA) is 88.0 Å². The number of nitrogens with one attached hydrogen (secondary N) is 1. The lowest BCUT2D eigenvalue weighted by atomic mass is 9.93. The molecule has 6 nitrogen and oxygen atoms in total. The Kier molecular flexibility index (Phi) is 6.10. The van der Waals surface area contributed by atoms with Gasteiger partial charge in [-0.1, -0.05) is 20.8 Å². The Morgan fingerprint density at radius 2 is 2.05 bits per heavy atom. The quantitative estimate of drug-likeness (QED) is 0.791. The molecule has 0 atom stereocenters. The Morgan fingerprint density at radius 3 is 2.59 bits per heavy atom. The second kappa shape index (κ2) is 7.59. The van der Waals surface area contributed by atoms with E-state index >= 15 is 0 Å². The first kappa shape index (κ1) is 17.7. The van der Waals surface area contributed by atoms with Crippen molar-refractivity contribution in [3.05, 3.63) is 23.8 Å². The SMILES string of the molecule is COc1cc(NC(=O)C/N=C/CC(C)(C)C)ccc1C(=O)O. The summed E-state index contributed by atoms with van der Waals surface area (Å²) >= 11 is 0. The van der Waals surface area contributed by atoms with Gasteiger partial charge in [0.2, 0.25) is 5.91 Å². The summed E-state index contributed by atoms with van der Waals surface area (Å²) in [5.41, 5.74) is 0.654. The van der Waals surface area contributed by atoms with Crippen LogP contribution in [0.3, 0.4) is 0 Å². The number of carboxylic acids is 1. The Hall–Kier alpha value is -2.37. The zero-order valence-corrected chi connectivity index (χ0v) is 13.3. The molecule has 0 unspecified atom stereocenters. The molecule has 0 aromatic heterocycles. The summed E-state index contributed by atoms with van der Waals surface area (Å²) in [6.07, 6.45) is 2.54. The Bertz CT molecular complexity index is 574. The van der Waals surface area contributed by atoms with Crippen LogP contribution >= 0.6 is 0 Å². The third-order valence-corrected chi connectivity index (χ3v) is 2.78. The third kappa shape index (κ3) is 5.95. The minimum atomic E-state index is -1.08. The summed E-state index contributed by atoms with van der Waals surface area (Å²) in [7, 11) is 1.38. The maximum Gasteiger partial charge on any atom is 0.339 e. The molecule has 0 aliphatic carbocycles. The molecule has 1 amide bonds. The van der Waals surface area contributed by atoms with E-state index in [0.29, 0.717) is 5.69 Å². The second-order valence-corrected chi connectivity index (χ2v) is 6.06. The Morgan fingerprint density at radius 1 is 1.36 bits per heavy atom. The largest absolute Gasteiger partial charge is 0.496 e. The number of carboxylic acid groups (broad SMARTS) is 1. The minimum Gasteiger partial charge on any atom is -0.496 e. The van der Waals surface area contributed by atoms with E-state index in [9.17, 15) is 9.59 Å². The molecule has 0 heterocycles. The summed E-state index contributed by atoms with van der Waals surface area (Å²) in [4.78, 5) is 26.8. The number of carbonyl (C=O) groups is 2. The number of anilines is 1. The van der Waals surface area contributed by atoms with Gasteiger partial charge >= 0.3 is 5.97 Å². The summed E-state index contributed by atoms with van der Waals surface area (Å²) < 4.78 is 5.00. The average molecular weight is 306 g/mol. The Balaban J connectivity index is 2.63. The lowest BCUT2D eigenvalue weighted by molar-refractivity contribution is -0.114. The van der Waals surface area contributed by atoms with Crippen LogP contribution in [0.2, 0.25) is 0 Å². The van der Waals surface area contributed by atoms with E-state index in [4.69, 9.17) is 9.84 Å². The molecular weight excluding hydrogens is 284 g/mol. The van der Waals surface area contributed by atoms with Crippen molar-refractivity contribution in [2.24, 2.45) is 10.4 Å². The van der Waals surface area contributed by atoms with Gasteiger partial charge in [-0.3, -0.25) is 9.79 Å². The molecule has 6 heteroatoms. The number of methoxy groups -OCH3 is 1. The van der Waals surface area contributed by atoms with Gasteiger partial charge in [-0.15, -0.1) is 0 Å². The summed E-state index contributed by atoms with van der Waals surface area (Å²) in [6.45, 7) is 6.30. The highest BCUT2D eigenvalue weighted by Gasteiger charge is 2.12. The molecule has 0 aliphatic heterocycles. The van der Waals surface area contributed by atoms with Crippen molar-refractivity contribution >= 4 is 23.8 Å². The fraction of sp³-hybridized carbons (Fsp3) is 0.438. The van der Waals surface area contributed by atoms with E-state index < -0.39 is 5.97 Å². The van der Waals surface area contributed by atoms with Gasteiger partial charge in [-0.05, 0) is 30.2 Å². The number of hydrogen-bond donors (Lipinski definition) is 2. The van der Waals surface area contributed by atoms with E-state index in [1.165, 1.54) is 25.3 Å². The lowest BCUT2D eigenvalue weighted by Crippen LogP contribution is -2.15. The number of carbonyl (C=O) groups excluding carboxylic acids is 1. The van der Waals surface area contributed by atoms with Gasteiger partial charge < -0.3 is 15.2 Å². The van der Waals surface area contributed by atoms with Crippen LogP contribution in [0.15, 0.2) is 23.2 Å². The molecule has 0 fully saturated rings. The highest BCUT2D eigenvalue weighted by atomic mass is 16.5. The van der Waals surface area contributed by atoms with Gasteiger partial charge in [0.05, 0.1) is 7.11 Å². The molecule has 2 N–H and O–H groups in total. The number of amides is 1. The zero-order valence-electron chi connectivity index (χ0n) is 13.3. The fourth-order valence-corrected chi connectivity index (χ4v) is 1.63. The van der Waals surface area contributed by atoms with Gasteiger partial charge in [0.15, 0.2) is 0 Å². The van der Waals surface area contributed by atoms with E-state index in [1.807, 2.05) is 0 Å². The van der Waals surface area contributed by atoms with Crippen molar-refractivity contribution in [2.45, 2.75) is 27.2 Å². The van der Waals surface area contributed by atoms with Crippen LogP contribution in [0.25, 0.3) is 0 Å². The van der Waals surface area contributed by atoms with Gasteiger partial charge in [0, 0.05) is 11.8 Å². The van der Waals surface area contributed by atoms with Gasteiger partial charge in [-0.25, -0.2) is 4.79 Å². The number of ether oxygens (including phenoxy) is 1. The molecule has 0 radical (unpaired) electrons. The molecular formula is C16H22N2O4. The molecule has 0 spiro atoms. The number of nitrogens with zero attached hydrogens (tertiary/aromatic N) is 1. The molecule has 0 saturated heterocycles. The van der Waals surface area contributed by atoms with Gasteiger partial charge in [0.25, 0.3) is 0 Å². The van der Waals surface area contributed by atoms with Crippen LogP contribution in [0.1, 0.15) is 37.6 Å². The normalized spacial score (nSPS) is 11.5. The van der Waals surface area contributed by atoms with Crippen LogP contribution in [0.5, 0.6) is 5.75 Å². The number of benzene rings is 1. The fourth-order valence-electron chi connectivity index (χ4n) is 1.63. The predicted octanol–water partition coefficient (Wildman–Crippen LogP) is 2.84. The first-order chi connectivity index (χ1) is 10.2. The van der Waals surface area contributed by atoms with Crippen molar-refractivity contribution < 1.29 is 19.4 Å². The first-order valence-corrected chi connectivity index (χ1v) is 6.92. The standard InChI is InChI=1S/C16H22N2O4/c1-16(2,3)7-8-17-10-14(19)18-11-5-6-12(15(20)21)13(9-11)22-4/h5-6,8-9H,7,10H2,1-4H3,(H,18,19)(H,20,21)/b17-8+. The average Bonchev–Trinajstić information content (AvgIpc) is 2.42. The molecule has 1 rings (SSSR count). The molecule has 1 aromatic carbocycles. The van der Waals surface area contributed by atoms with Crippen molar-refractivity contribution in [3.8, 4) is 5.75 Å². The van der Waals surface area contributed by atoms with E-state index in [1.54, 1.807) is 6.21 Å². The van der Waals surface area contributed by atoms with Crippen LogP contribution in [0.4, 0.5) is 5.69 Å². The Labute approximate surface area is 130 Å². The van der Waals surface area contributed by atoms with E-state index in [0.717, 1.165) is 6.42 Å². The number of aromatic carboxylic acids is 1. The summed E-state index contributed by atoms with van der Waals surface area (Å²) in [5, 5.41) is 11.6. The second-order valence-electron chi connectivity index (χ2n) is 6.06. The summed E-state index contributed by atoms with van der Waals surface area (Å²) in [6, 6.07) is 4.38. The highest BCUT2D eigenvalue weighted by Crippen LogP contribution is 2.23. The highest BCUT2D eigenvalue weighted by molar-refractivity contribution is 5.95. The number of hydrogen-bond acceptors (Lipinski definition) is 4. The van der Waals surface area contributed by atoms with E-state index in [2.05, 4.69) is 31.1 Å². The minimum absolute atomic E-state index is 0.0269. The summed E-state index contributed by atoms with van der Waals surface area (Å²) in [5.74, 6) is -1.15. The molecule has 22 heavy (non-hydrogen) atoms. The van der Waals surface area contributed by atoms with Crippen LogP contribution in [-0.2, 0) is 4.79 Å². The zero-order chi connectivity index (χ0) is 16.8. The number of rotatable bonds is 6. The van der Waals surface area contributed by atoms with Crippen molar-refractivity contribution in [1.82, 2.24) is 0 Å². The molecule has 0 saturated carbocycles.